The monoisotopic (exact) mass is 399 g/mol. The molecule has 0 saturated heterocycles. The summed E-state index contributed by atoms with van der Waals surface area (Å²) >= 11 is 1.35. The van der Waals surface area contributed by atoms with Gasteiger partial charge in [-0.25, -0.2) is 0 Å². The van der Waals surface area contributed by atoms with E-state index in [9.17, 15) is 14.7 Å². The van der Waals surface area contributed by atoms with Gasteiger partial charge in [-0.1, -0.05) is 60.7 Å². The van der Waals surface area contributed by atoms with Crippen molar-refractivity contribution in [1.29, 1.82) is 0 Å². The first kappa shape index (κ1) is 18.6. The molecule has 0 N–H and O–H groups in total. The van der Waals surface area contributed by atoms with E-state index < -0.39 is 5.97 Å². The quantitative estimate of drug-likeness (QED) is 0.528. The van der Waals surface area contributed by atoms with Crippen LogP contribution in [0.25, 0.3) is 16.9 Å². The number of thiazole rings is 1. The lowest BCUT2D eigenvalue weighted by Crippen LogP contribution is -2.22. The van der Waals surface area contributed by atoms with Gasteiger partial charge in [-0.15, -0.1) is 11.3 Å². The summed E-state index contributed by atoms with van der Waals surface area (Å²) in [5, 5.41) is 13.0. The maximum Gasteiger partial charge on any atom is 0.279 e. The van der Waals surface area contributed by atoms with Crippen molar-refractivity contribution in [1.82, 2.24) is 4.57 Å². The molecule has 4 rings (SSSR count). The molecule has 0 aliphatic heterocycles. The van der Waals surface area contributed by atoms with E-state index in [1.165, 1.54) is 23.5 Å². The van der Waals surface area contributed by atoms with Crippen LogP contribution in [-0.2, 0) is 0 Å². The molecular formula is C23H15N2O3S-. The molecule has 0 atom stereocenters. The molecule has 1 aromatic heterocycles. The largest absolute Gasteiger partial charge is 0.545 e. The Morgan fingerprint density at radius 3 is 2.03 bits per heavy atom. The lowest BCUT2D eigenvalue weighted by Gasteiger charge is -2.10. The SMILES string of the molecule is O=C([O-])c1ccc(-n2c(-c3ccccc3)csc2=NC(=O)c2ccccc2)cc1. The Morgan fingerprint density at radius 2 is 1.41 bits per heavy atom. The van der Waals surface area contributed by atoms with E-state index >= 15 is 0 Å². The van der Waals surface area contributed by atoms with Gasteiger partial charge in [0.1, 0.15) is 0 Å². The topological polar surface area (TPSA) is 74.5 Å². The Bertz CT molecular complexity index is 1220. The summed E-state index contributed by atoms with van der Waals surface area (Å²) in [5.74, 6) is -1.58. The van der Waals surface area contributed by atoms with E-state index in [-0.39, 0.29) is 11.5 Å². The van der Waals surface area contributed by atoms with Crippen molar-refractivity contribution in [2.75, 3.05) is 0 Å². The molecule has 29 heavy (non-hydrogen) atoms. The maximum absolute atomic E-state index is 12.6. The fraction of sp³-hybridized carbons (Fsp3) is 0. The van der Waals surface area contributed by atoms with Crippen LogP contribution in [0.2, 0.25) is 0 Å². The van der Waals surface area contributed by atoms with Gasteiger partial charge < -0.3 is 9.90 Å². The van der Waals surface area contributed by atoms with Crippen molar-refractivity contribution in [2.24, 2.45) is 4.99 Å². The van der Waals surface area contributed by atoms with E-state index in [1.807, 2.05) is 46.3 Å². The predicted molar refractivity (Wildman–Crippen MR) is 110 cm³/mol. The molecule has 0 unspecified atom stereocenters. The zero-order chi connectivity index (χ0) is 20.2. The Hall–Kier alpha value is -3.77. The van der Waals surface area contributed by atoms with Gasteiger partial charge in [-0.05, 0) is 35.4 Å². The molecule has 1 heterocycles. The van der Waals surface area contributed by atoms with Crippen molar-refractivity contribution in [3.63, 3.8) is 0 Å². The van der Waals surface area contributed by atoms with Gasteiger partial charge in [0.25, 0.3) is 5.91 Å². The molecule has 3 aromatic carbocycles. The predicted octanol–water partition coefficient (Wildman–Crippen LogP) is 3.31. The molecule has 0 aliphatic carbocycles. The van der Waals surface area contributed by atoms with E-state index in [2.05, 4.69) is 4.99 Å². The Morgan fingerprint density at radius 1 is 0.793 bits per heavy atom. The minimum Gasteiger partial charge on any atom is -0.545 e. The maximum atomic E-state index is 12.6. The second-order valence-electron chi connectivity index (χ2n) is 6.22. The molecule has 0 fully saturated rings. The Labute approximate surface area is 170 Å². The van der Waals surface area contributed by atoms with E-state index in [4.69, 9.17) is 0 Å². The Balaban J connectivity index is 1.88. The minimum atomic E-state index is -1.24. The third kappa shape index (κ3) is 3.93. The highest BCUT2D eigenvalue weighted by molar-refractivity contribution is 7.07. The van der Waals surface area contributed by atoms with E-state index in [0.29, 0.717) is 16.1 Å². The number of carbonyl (C=O) groups is 2. The van der Waals surface area contributed by atoms with Crippen molar-refractivity contribution >= 4 is 23.2 Å². The average molecular weight is 399 g/mol. The van der Waals surface area contributed by atoms with Crippen molar-refractivity contribution in [3.05, 3.63) is 106 Å². The van der Waals surface area contributed by atoms with Crippen LogP contribution in [0.3, 0.4) is 0 Å². The molecule has 0 saturated carbocycles. The van der Waals surface area contributed by atoms with Gasteiger partial charge in [0, 0.05) is 16.6 Å². The minimum absolute atomic E-state index is 0.0877. The number of carboxylic acid groups (broad SMARTS) is 1. The smallest absolute Gasteiger partial charge is 0.279 e. The molecule has 4 aromatic rings. The molecule has 6 heteroatoms. The highest BCUT2D eigenvalue weighted by Gasteiger charge is 2.12. The van der Waals surface area contributed by atoms with Gasteiger partial charge in [0.05, 0.1) is 11.7 Å². The summed E-state index contributed by atoms with van der Waals surface area (Å²) in [6, 6.07) is 24.9. The molecule has 0 spiro atoms. The van der Waals surface area contributed by atoms with E-state index in [0.717, 1.165) is 11.3 Å². The summed E-state index contributed by atoms with van der Waals surface area (Å²) in [6.45, 7) is 0. The molecule has 0 radical (unpaired) electrons. The van der Waals surface area contributed by atoms with Gasteiger partial charge in [-0.2, -0.15) is 4.99 Å². The number of benzene rings is 3. The van der Waals surface area contributed by atoms with Gasteiger partial charge in [0.15, 0.2) is 4.80 Å². The Kier molecular flexibility index (Phi) is 5.18. The number of rotatable bonds is 4. The number of carboxylic acids is 1. The lowest BCUT2D eigenvalue weighted by atomic mass is 10.1. The van der Waals surface area contributed by atoms with Crippen LogP contribution < -0.4 is 9.91 Å². The summed E-state index contributed by atoms with van der Waals surface area (Å²) < 4.78 is 1.85. The van der Waals surface area contributed by atoms with Gasteiger partial charge in [0.2, 0.25) is 0 Å². The van der Waals surface area contributed by atoms with Crippen LogP contribution >= 0.6 is 11.3 Å². The molecular weight excluding hydrogens is 384 g/mol. The van der Waals surface area contributed by atoms with Crippen LogP contribution in [0.15, 0.2) is 95.3 Å². The average Bonchev–Trinajstić information content (AvgIpc) is 3.18. The first-order valence-corrected chi connectivity index (χ1v) is 9.73. The normalized spacial score (nSPS) is 11.4. The van der Waals surface area contributed by atoms with Crippen LogP contribution in [0.4, 0.5) is 0 Å². The van der Waals surface area contributed by atoms with Crippen LogP contribution in [0.5, 0.6) is 0 Å². The van der Waals surface area contributed by atoms with Crippen LogP contribution in [0, 0.1) is 0 Å². The first-order valence-electron chi connectivity index (χ1n) is 8.85. The summed E-state index contributed by atoms with van der Waals surface area (Å²) in [4.78, 5) is 28.5. The molecule has 5 nitrogen and oxygen atoms in total. The highest BCUT2D eigenvalue weighted by atomic mass is 32.1. The zero-order valence-corrected chi connectivity index (χ0v) is 16.0. The van der Waals surface area contributed by atoms with Gasteiger partial charge in [-0.3, -0.25) is 9.36 Å². The van der Waals surface area contributed by atoms with Crippen LogP contribution in [0.1, 0.15) is 20.7 Å². The third-order valence-corrected chi connectivity index (χ3v) is 5.18. The number of hydrogen-bond donors (Lipinski definition) is 0. The van der Waals surface area contributed by atoms with Crippen molar-refractivity contribution in [2.45, 2.75) is 0 Å². The standard InChI is InChI=1S/C23H16N2O3S/c26-21(17-9-5-2-6-10-17)24-23-25(19-13-11-18(12-14-19)22(27)28)20(15-29-23)16-7-3-1-4-8-16/h1-15H,(H,27,28)/p-1. The summed E-state index contributed by atoms with van der Waals surface area (Å²) in [6.07, 6.45) is 0. The third-order valence-electron chi connectivity index (χ3n) is 4.36. The van der Waals surface area contributed by atoms with E-state index in [1.54, 1.807) is 36.4 Å². The first-order chi connectivity index (χ1) is 14.1. The molecule has 1 amide bonds. The number of aromatic nitrogens is 1. The second kappa shape index (κ2) is 8.08. The van der Waals surface area contributed by atoms with Crippen molar-refractivity contribution in [3.8, 4) is 16.9 Å². The summed E-state index contributed by atoms with van der Waals surface area (Å²) in [5.41, 5.74) is 3.11. The fourth-order valence-electron chi connectivity index (χ4n) is 2.93. The van der Waals surface area contributed by atoms with Crippen molar-refractivity contribution < 1.29 is 14.7 Å². The van der Waals surface area contributed by atoms with Gasteiger partial charge >= 0.3 is 0 Å². The molecule has 0 bridgehead atoms. The summed E-state index contributed by atoms with van der Waals surface area (Å²) in [7, 11) is 0. The molecule has 142 valence electrons. The lowest BCUT2D eigenvalue weighted by molar-refractivity contribution is -0.255. The van der Waals surface area contributed by atoms with Crippen LogP contribution in [-0.4, -0.2) is 16.4 Å². The highest BCUT2D eigenvalue weighted by Crippen LogP contribution is 2.23. The number of aromatic carboxylic acids is 1. The number of hydrogen-bond acceptors (Lipinski definition) is 4. The number of nitrogens with zero attached hydrogens (tertiary/aromatic N) is 2. The number of carbonyl (C=O) groups excluding carboxylic acids is 2. The fourth-order valence-corrected chi connectivity index (χ4v) is 3.83. The second-order valence-corrected chi connectivity index (χ2v) is 7.06. The number of amides is 1. The zero-order valence-electron chi connectivity index (χ0n) is 15.2. The molecule has 0 aliphatic rings.